The minimum Gasteiger partial charge on any atom is -0.451 e. The van der Waals surface area contributed by atoms with Gasteiger partial charge in [-0.1, -0.05) is 18.2 Å². The number of amides is 1. The van der Waals surface area contributed by atoms with Crippen LogP contribution in [0.25, 0.3) is 16.8 Å². The molecule has 0 unspecified atom stereocenters. The second kappa shape index (κ2) is 7.99. The van der Waals surface area contributed by atoms with E-state index < -0.39 is 0 Å². The number of carbonyl (C=O) groups is 1. The van der Waals surface area contributed by atoms with Crippen LogP contribution in [0.4, 0.5) is 5.69 Å². The number of aryl methyl sites for hydroxylation is 2. The molecule has 2 aromatic carbocycles. The van der Waals surface area contributed by atoms with E-state index in [1.165, 1.54) is 0 Å². The van der Waals surface area contributed by atoms with E-state index in [0.29, 0.717) is 28.7 Å². The number of aromatic nitrogens is 4. The fourth-order valence-corrected chi connectivity index (χ4v) is 3.35. The predicted molar refractivity (Wildman–Crippen MR) is 119 cm³/mol. The van der Waals surface area contributed by atoms with Crippen LogP contribution in [0.15, 0.2) is 77.2 Å². The Bertz CT molecular complexity index is 1370. The second-order valence-corrected chi connectivity index (χ2v) is 7.30. The number of carbonyl (C=O) groups excluding carboxylic acids is 1. The van der Waals surface area contributed by atoms with Gasteiger partial charge in [-0.05, 0) is 62.4 Å². The fraction of sp³-hybridized carbons (Fsp3) is 0.0833. The molecule has 0 bridgehead atoms. The van der Waals surface area contributed by atoms with E-state index in [0.717, 1.165) is 16.8 Å². The van der Waals surface area contributed by atoms with Crippen molar-refractivity contribution in [2.45, 2.75) is 13.8 Å². The van der Waals surface area contributed by atoms with Crippen molar-refractivity contribution in [2.75, 3.05) is 5.32 Å². The maximum absolute atomic E-state index is 12.5. The van der Waals surface area contributed by atoms with E-state index in [1.807, 2.05) is 44.2 Å². The Labute approximate surface area is 183 Å². The quantitative estimate of drug-likeness (QED) is 0.422. The van der Waals surface area contributed by atoms with Crippen LogP contribution >= 0.6 is 0 Å². The summed E-state index contributed by atoms with van der Waals surface area (Å²) in [5.74, 6) is 1.48. The highest BCUT2D eigenvalue weighted by Crippen LogP contribution is 2.23. The Morgan fingerprint density at radius 1 is 0.969 bits per heavy atom. The first-order valence-corrected chi connectivity index (χ1v) is 10.0. The molecule has 1 N–H and O–H groups in total. The molecule has 8 nitrogen and oxygen atoms in total. The molecular formula is C24H19N5O3. The Balaban J connectivity index is 1.24. The Kier molecular flexibility index (Phi) is 4.87. The third-order valence-electron chi connectivity index (χ3n) is 4.84. The first-order chi connectivity index (χ1) is 15.5. The molecule has 3 aromatic heterocycles. The lowest BCUT2D eigenvalue weighted by Gasteiger charge is -2.07. The van der Waals surface area contributed by atoms with Gasteiger partial charge in [0.1, 0.15) is 11.3 Å². The van der Waals surface area contributed by atoms with Crippen LogP contribution in [-0.4, -0.2) is 25.9 Å². The normalized spacial score (nSPS) is 10.9. The molecule has 3 heterocycles. The smallest absolute Gasteiger partial charge is 0.291 e. The summed E-state index contributed by atoms with van der Waals surface area (Å²) < 4.78 is 13.1. The largest absolute Gasteiger partial charge is 0.451 e. The maximum Gasteiger partial charge on any atom is 0.291 e. The standard InChI is InChI=1S/C24H19N5O3/c1-15-13-16(2)29(28-15)22-11-12-23(27-26-22)31-19-9-7-18(8-10-19)25-24(30)21-14-17-5-3-4-6-20(17)32-21/h3-14H,1-2H3,(H,25,30). The minimum absolute atomic E-state index is 0.254. The van der Waals surface area contributed by atoms with E-state index in [1.54, 1.807) is 47.1 Å². The molecule has 0 aliphatic heterocycles. The van der Waals surface area contributed by atoms with Crippen LogP contribution < -0.4 is 10.1 Å². The summed E-state index contributed by atoms with van der Waals surface area (Å²) >= 11 is 0. The number of furan rings is 1. The summed E-state index contributed by atoms with van der Waals surface area (Å²) in [6.07, 6.45) is 0. The lowest BCUT2D eigenvalue weighted by atomic mass is 10.2. The summed E-state index contributed by atoms with van der Waals surface area (Å²) in [6.45, 7) is 3.89. The lowest BCUT2D eigenvalue weighted by molar-refractivity contribution is 0.0998. The van der Waals surface area contributed by atoms with Gasteiger partial charge in [0.25, 0.3) is 5.91 Å². The maximum atomic E-state index is 12.5. The number of anilines is 1. The number of fused-ring (bicyclic) bond motifs is 1. The summed E-state index contributed by atoms with van der Waals surface area (Å²) in [6, 6.07) is 21.7. The average molecular weight is 425 g/mol. The number of benzene rings is 2. The summed E-state index contributed by atoms with van der Waals surface area (Å²) in [5.41, 5.74) is 3.18. The summed E-state index contributed by atoms with van der Waals surface area (Å²) in [7, 11) is 0. The molecule has 1 amide bonds. The van der Waals surface area contributed by atoms with Crippen molar-refractivity contribution in [1.82, 2.24) is 20.0 Å². The Morgan fingerprint density at radius 3 is 2.47 bits per heavy atom. The average Bonchev–Trinajstić information content (AvgIpc) is 3.38. The van der Waals surface area contributed by atoms with Gasteiger partial charge >= 0.3 is 0 Å². The molecule has 0 aliphatic rings. The van der Waals surface area contributed by atoms with Crippen molar-refractivity contribution in [3.63, 3.8) is 0 Å². The van der Waals surface area contributed by atoms with Crippen LogP contribution in [0.1, 0.15) is 21.9 Å². The molecule has 8 heteroatoms. The summed E-state index contributed by atoms with van der Waals surface area (Å²) in [5, 5.41) is 16.4. The van der Waals surface area contributed by atoms with Gasteiger partial charge in [-0.15, -0.1) is 10.2 Å². The van der Waals surface area contributed by atoms with E-state index in [4.69, 9.17) is 9.15 Å². The highest BCUT2D eigenvalue weighted by atomic mass is 16.5. The third kappa shape index (κ3) is 3.93. The third-order valence-corrected chi connectivity index (χ3v) is 4.84. The molecule has 5 rings (SSSR count). The number of rotatable bonds is 5. The van der Waals surface area contributed by atoms with Gasteiger partial charge < -0.3 is 14.5 Å². The van der Waals surface area contributed by atoms with E-state index >= 15 is 0 Å². The van der Waals surface area contributed by atoms with Gasteiger partial charge in [-0.2, -0.15) is 5.10 Å². The van der Waals surface area contributed by atoms with Crippen molar-refractivity contribution in [2.24, 2.45) is 0 Å². The van der Waals surface area contributed by atoms with Crippen LogP contribution in [0.2, 0.25) is 0 Å². The number of para-hydroxylation sites is 1. The number of nitrogens with one attached hydrogen (secondary N) is 1. The molecule has 0 fully saturated rings. The molecule has 0 spiro atoms. The molecule has 0 saturated heterocycles. The van der Waals surface area contributed by atoms with Crippen molar-refractivity contribution in [1.29, 1.82) is 0 Å². The molecule has 32 heavy (non-hydrogen) atoms. The van der Waals surface area contributed by atoms with Crippen molar-refractivity contribution in [3.8, 4) is 17.4 Å². The SMILES string of the molecule is Cc1cc(C)n(-c2ccc(Oc3ccc(NC(=O)c4cc5ccccc5o4)cc3)nn2)n1. The second-order valence-electron chi connectivity index (χ2n) is 7.30. The minimum atomic E-state index is -0.319. The zero-order chi connectivity index (χ0) is 22.1. The number of ether oxygens (including phenoxy) is 1. The van der Waals surface area contributed by atoms with Crippen LogP contribution in [0.3, 0.4) is 0 Å². The Morgan fingerprint density at radius 2 is 1.78 bits per heavy atom. The number of nitrogens with zero attached hydrogens (tertiary/aromatic N) is 4. The predicted octanol–water partition coefficient (Wildman–Crippen LogP) is 5.07. The van der Waals surface area contributed by atoms with E-state index in [2.05, 4.69) is 20.6 Å². The molecule has 0 radical (unpaired) electrons. The van der Waals surface area contributed by atoms with Gasteiger partial charge in [-0.25, -0.2) is 4.68 Å². The van der Waals surface area contributed by atoms with Gasteiger partial charge in [-0.3, -0.25) is 4.79 Å². The highest BCUT2D eigenvalue weighted by molar-refractivity contribution is 6.04. The molecule has 0 saturated carbocycles. The van der Waals surface area contributed by atoms with Crippen molar-refractivity contribution in [3.05, 3.63) is 89.9 Å². The molecule has 158 valence electrons. The molecule has 0 aliphatic carbocycles. The molecule has 0 atom stereocenters. The first-order valence-electron chi connectivity index (χ1n) is 10.0. The van der Waals surface area contributed by atoms with E-state index in [-0.39, 0.29) is 11.7 Å². The van der Waals surface area contributed by atoms with Gasteiger partial charge in [0, 0.05) is 22.8 Å². The van der Waals surface area contributed by atoms with Gasteiger partial charge in [0.2, 0.25) is 5.88 Å². The first kappa shape index (κ1) is 19.5. The topological polar surface area (TPSA) is 95.1 Å². The van der Waals surface area contributed by atoms with Crippen LogP contribution in [0.5, 0.6) is 11.6 Å². The van der Waals surface area contributed by atoms with E-state index in [9.17, 15) is 4.79 Å². The van der Waals surface area contributed by atoms with Crippen molar-refractivity contribution < 1.29 is 13.9 Å². The van der Waals surface area contributed by atoms with Gasteiger partial charge in [0.15, 0.2) is 11.6 Å². The zero-order valence-electron chi connectivity index (χ0n) is 17.4. The number of hydrogen-bond donors (Lipinski definition) is 1. The van der Waals surface area contributed by atoms with Gasteiger partial charge in [0.05, 0.1) is 5.69 Å². The zero-order valence-corrected chi connectivity index (χ0v) is 17.4. The van der Waals surface area contributed by atoms with Crippen molar-refractivity contribution >= 4 is 22.6 Å². The monoisotopic (exact) mass is 425 g/mol. The molecular weight excluding hydrogens is 406 g/mol. The van der Waals surface area contributed by atoms with Crippen LogP contribution in [-0.2, 0) is 0 Å². The number of hydrogen-bond acceptors (Lipinski definition) is 6. The summed E-state index contributed by atoms with van der Waals surface area (Å²) in [4.78, 5) is 12.5. The Hall–Kier alpha value is -4.46. The highest BCUT2D eigenvalue weighted by Gasteiger charge is 2.12. The molecule has 5 aromatic rings. The fourth-order valence-electron chi connectivity index (χ4n) is 3.35. The van der Waals surface area contributed by atoms with Crippen LogP contribution in [0, 0.1) is 13.8 Å². The lowest BCUT2D eigenvalue weighted by Crippen LogP contribution is -2.10.